The molecule has 1 heterocycles. The highest BCUT2D eigenvalue weighted by molar-refractivity contribution is 5.67. The van der Waals surface area contributed by atoms with Crippen LogP contribution in [-0.2, 0) is 6.42 Å². The maximum atomic E-state index is 6.02. The van der Waals surface area contributed by atoms with Gasteiger partial charge in [0.1, 0.15) is 0 Å². The number of benzene rings is 1. The number of aryl methyl sites for hydroxylation is 1. The number of aromatic nitrogens is 1. The fourth-order valence-electron chi connectivity index (χ4n) is 2.58. The SMILES string of the molecule is C=CN(/C=C(\Cc1cccnc1-c1ccccc1C)C(=C)N)CC. The van der Waals surface area contributed by atoms with E-state index in [1.165, 1.54) is 5.56 Å². The first-order chi connectivity index (χ1) is 11.6. The van der Waals surface area contributed by atoms with Gasteiger partial charge in [-0.15, -0.1) is 0 Å². The van der Waals surface area contributed by atoms with E-state index in [1.54, 1.807) is 6.20 Å². The molecule has 0 aliphatic heterocycles. The molecule has 0 fully saturated rings. The van der Waals surface area contributed by atoms with Crippen LogP contribution in [0.25, 0.3) is 11.3 Å². The van der Waals surface area contributed by atoms with Gasteiger partial charge in [-0.2, -0.15) is 0 Å². The smallest absolute Gasteiger partial charge is 0.0739 e. The van der Waals surface area contributed by atoms with Crippen LogP contribution in [0.5, 0.6) is 0 Å². The molecule has 0 atom stereocenters. The van der Waals surface area contributed by atoms with Crippen LogP contribution in [0, 0.1) is 6.92 Å². The molecule has 3 heteroatoms. The molecular formula is C21H25N3. The van der Waals surface area contributed by atoms with Crippen LogP contribution in [0.1, 0.15) is 18.1 Å². The fraction of sp³-hybridized carbons (Fsp3) is 0.190. The van der Waals surface area contributed by atoms with Crippen molar-refractivity contribution >= 4 is 0 Å². The molecule has 0 spiro atoms. The van der Waals surface area contributed by atoms with Crippen molar-refractivity contribution in [2.45, 2.75) is 20.3 Å². The number of nitrogens with two attached hydrogens (primary N) is 1. The standard InChI is InChI=1S/C21H25N3/c1-5-24(6-2)15-19(17(4)22)14-18-11-9-13-23-21(18)20-12-8-7-10-16(20)3/h5,7-13,15H,1,4,6,14,22H2,2-3H3/b19-15+. The van der Waals surface area contributed by atoms with Crippen LogP contribution in [0.4, 0.5) is 0 Å². The third kappa shape index (κ3) is 4.13. The minimum absolute atomic E-state index is 0.565. The molecule has 0 amide bonds. The molecule has 0 aliphatic carbocycles. The number of allylic oxidation sites excluding steroid dienone is 1. The van der Waals surface area contributed by atoms with Crippen molar-refractivity contribution < 1.29 is 0 Å². The lowest BCUT2D eigenvalue weighted by molar-refractivity contribution is 0.533. The average Bonchev–Trinajstić information content (AvgIpc) is 2.59. The van der Waals surface area contributed by atoms with Gasteiger partial charge in [0.05, 0.1) is 5.69 Å². The molecule has 0 unspecified atom stereocenters. The van der Waals surface area contributed by atoms with E-state index in [9.17, 15) is 0 Å². The Balaban J connectivity index is 2.44. The van der Waals surface area contributed by atoms with Crippen molar-refractivity contribution in [2.75, 3.05) is 6.54 Å². The first-order valence-electron chi connectivity index (χ1n) is 8.10. The third-order valence-electron chi connectivity index (χ3n) is 4.01. The van der Waals surface area contributed by atoms with Gasteiger partial charge in [-0.05, 0) is 42.8 Å². The van der Waals surface area contributed by atoms with E-state index in [2.05, 4.69) is 50.2 Å². The van der Waals surface area contributed by atoms with Crippen LogP contribution < -0.4 is 5.73 Å². The predicted octanol–water partition coefficient (Wildman–Crippen LogP) is 4.42. The summed E-state index contributed by atoms with van der Waals surface area (Å²) >= 11 is 0. The van der Waals surface area contributed by atoms with Crippen molar-refractivity contribution in [1.29, 1.82) is 0 Å². The minimum Gasteiger partial charge on any atom is -0.399 e. The summed E-state index contributed by atoms with van der Waals surface area (Å²) < 4.78 is 0. The van der Waals surface area contributed by atoms with Crippen LogP contribution in [0.15, 0.2) is 79.4 Å². The molecule has 1 aromatic carbocycles. The first-order valence-corrected chi connectivity index (χ1v) is 8.10. The summed E-state index contributed by atoms with van der Waals surface area (Å²) in [6, 6.07) is 12.3. The summed E-state index contributed by atoms with van der Waals surface area (Å²) in [5, 5.41) is 0. The van der Waals surface area contributed by atoms with Crippen molar-refractivity contribution in [3.63, 3.8) is 0 Å². The van der Waals surface area contributed by atoms with Gasteiger partial charge in [0.15, 0.2) is 0 Å². The number of pyridine rings is 1. The fourth-order valence-corrected chi connectivity index (χ4v) is 2.58. The highest BCUT2D eigenvalue weighted by Gasteiger charge is 2.11. The zero-order chi connectivity index (χ0) is 17.5. The van der Waals surface area contributed by atoms with E-state index in [4.69, 9.17) is 5.73 Å². The second-order valence-corrected chi connectivity index (χ2v) is 5.70. The number of hydrogen-bond donors (Lipinski definition) is 1. The lowest BCUT2D eigenvalue weighted by Gasteiger charge is -2.17. The lowest BCUT2D eigenvalue weighted by Crippen LogP contribution is -2.13. The molecule has 2 aromatic rings. The molecule has 124 valence electrons. The van der Waals surface area contributed by atoms with Gasteiger partial charge in [-0.25, -0.2) is 0 Å². The molecule has 0 saturated carbocycles. The monoisotopic (exact) mass is 319 g/mol. The van der Waals surface area contributed by atoms with Gasteiger partial charge in [0, 0.05) is 36.6 Å². The topological polar surface area (TPSA) is 42.2 Å². The van der Waals surface area contributed by atoms with Crippen molar-refractivity contribution in [1.82, 2.24) is 9.88 Å². The normalized spacial score (nSPS) is 11.2. The summed E-state index contributed by atoms with van der Waals surface area (Å²) in [6.45, 7) is 12.7. The Hall–Kier alpha value is -2.81. The van der Waals surface area contributed by atoms with Crippen LogP contribution in [0.2, 0.25) is 0 Å². The zero-order valence-corrected chi connectivity index (χ0v) is 14.5. The second kappa shape index (κ2) is 8.16. The van der Waals surface area contributed by atoms with Gasteiger partial charge in [0.2, 0.25) is 0 Å². The highest BCUT2D eigenvalue weighted by atomic mass is 15.1. The van der Waals surface area contributed by atoms with E-state index >= 15 is 0 Å². The van der Waals surface area contributed by atoms with E-state index in [0.29, 0.717) is 12.1 Å². The second-order valence-electron chi connectivity index (χ2n) is 5.70. The maximum absolute atomic E-state index is 6.02. The number of rotatable bonds is 7. The molecule has 0 bridgehead atoms. The Bertz CT molecular complexity index is 759. The van der Waals surface area contributed by atoms with Crippen LogP contribution >= 0.6 is 0 Å². The van der Waals surface area contributed by atoms with E-state index in [0.717, 1.165) is 28.9 Å². The zero-order valence-electron chi connectivity index (χ0n) is 14.5. The molecule has 2 N–H and O–H groups in total. The summed E-state index contributed by atoms with van der Waals surface area (Å²) in [5.41, 5.74) is 12.0. The Kier molecular flexibility index (Phi) is 5.96. The molecule has 24 heavy (non-hydrogen) atoms. The highest BCUT2D eigenvalue weighted by Crippen LogP contribution is 2.27. The van der Waals surface area contributed by atoms with Gasteiger partial charge in [-0.1, -0.05) is 43.5 Å². The van der Waals surface area contributed by atoms with E-state index in [-0.39, 0.29) is 0 Å². The quantitative estimate of drug-likeness (QED) is 0.768. The van der Waals surface area contributed by atoms with Crippen molar-refractivity contribution in [3.8, 4) is 11.3 Å². The lowest BCUT2D eigenvalue weighted by atomic mass is 9.96. The van der Waals surface area contributed by atoms with Gasteiger partial charge in [-0.3, -0.25) is 4.98 Å². The largest absolute Gasteiger partial charge is 0.399 e. The van der Waals surface area contributed by atoms with Gasteiger partial charge < -0.3 is 10.6 Å². The molecular weight excluding hydrogens is 294 g/mol. The summed E-state index contributed by atoms with van der Waals surface area (Å²) in [5.74, 6) is 0. The molecule has 0 saturated heterocycles. The molecule has 2 rings (SSSR count). The molecule has 0 aliphatic rings. The summed E-state index contributed by atoms with van der Waals surface area (Å²) in [4.78, 5) is 6.61. The van der Waals surface area contributed by atoms with Crippen LogP contribution in [-0.4, -0.2) is 16.4 Å². The van der Waals surface area contributed by atoms with Crippen LogP contribution in [0.3, 0.4) is 0 Å². The van der Waals surface area contributed by atoms with E-state index < -0.39 is 0 Å². The number of nitrogens with zero attached hydrogens (tertiary/aromatic N) is 2. The Morgan fingerprint density at radius 1 is 1.25 bits per heavy atom. The number of hydrogen-bond acceptors (Lipinski definition) is 3. The van der Waals surface area contributed by atoms with Gasteiger partial charge in [0.25, 0.3) is 0 Å². The Labute approximate surface area is 144 Å². The molecule has 0 radical (unpaired) electrons. The third-order valence-corrected chi connectivity index (χ3v) is 4.01. The van der Waals surface area contributed by atoms with Crippen molar-refractivity contribution in [2.24, 2.45) is 5.73 Å². The van der Waals surface area contributed by atoms with Crippen molar-refractivity contribution in [3.05, 3.63) is 90.5 Å². The summed E-state index contributed by atoms with van der Waals surface area (Å²) in [6.07, 6.45) is 6.30. The first kappa shape index (κ1) is 17.5. The molecule has 3 nitrogen and oxygen atoms in total. The minimum atomic E-state index is 0.565. The molecule has 1 aromatic heterocycles. The predicted molar refractivity (Wildman–Crippen MR) is 102 cm³/mol. The summed E-state index contributed by atoms with van der Waals surface area (Å²) in [7, 11) is 0. The Morgan fingerprint density at radius 2 is 2.00 bits per heavy atom. The maximum Gasteiger partial charge on any atom is 0.0739 e. The average molecular weight is 319 g/mol. The van der Waals surface area contributed by atoms with Gasteiger partial charge >= 0.3 is 0 Å². The Morgan fingerprint density at radius 3 is 2.62 bits per heavy atom. The van der Waals surface area contributed by atoms with E-state index in [1.807, 2.05) is 35.5 Å².